The van der Waals surface area contributed by atoms with E-state index < -0.39 is 12.1 Å². The summed E-state index contributed by atoms with van der Waals surface area (Å²) in [5.41, 5.74) is 0. The fourth-order valence-electron chi connectivity index (χ4n) is 9.34. The van der Waals surface area contributed by atoms with Gasteiger partial charge in [-0.3, -0.25) is 9.59 Å². The van der Waals surface area contributed by atoms with Gasteiger partial charge in [0.25, 0.3) is 0 Å². The summed E-state index contributed by atoms with van der Waals surface area (Å²) in [6.07, 6.45) is 68.9. The molecule has 0 aromatic heterocycles. The van der Waals surface area contributed by atoms with Crippen molar-refractivity contribution in [2.75, 3.05) is 13.2 Å². The first-order valence-electron chi connectivity index (χ1n) is 30.1. The summed E-state index contributed by atoms with van der Waals surface area (Å²) < 4.78 is 5.45. The highest BCUT2D eigenvalue weighted by Crippen LogP contribution is 2.17. The highest BCUT2D eigenvalue weighted by atomic mass is 16.5. The van der Waals surface area contributed by atoms with Crippen LogP contribution < -0.4 is 5.32 Å². The number of hydrogen-bond acceptors (Lipinski definition) is 5. The average molecular weight is 945 g/mol. The number of esters is 1. The predicted molar refractivity (Wildman–Crippen MR) is 292 cm³/mol. The molecular formula is C61H117NO5. The molecule has 0 aromatic rings. The molecule has 3 N–H and O–H groups in total. The van der Waals surface area contributed by atoms with Crippen molar-refractivity contribution in [2.24, 2.45) is 0 Å². The Bertz CT molecular complexity index is 1040. The van der Waals surface area contributed by atoms with Gasteiger partial charge in [-0.05, 0) is 77.0 Å². The third-order valence-corrected chi connectivity index (χ3v) is 14.0. The van der Waals surface area contributed by atoms with Crippen LogP contribution in [-0.2, 0) is 14.3 Å². The van der Waals surface area contributed by atoms with Crippen molar-refractivity contribution in [1.29, 1.82) is 0 Å². The Morgan fingerprint density at radius 1 is 0.403 bits per heavy atom. The fourth-order valence-corrected chi connectivity index (χ4v) is 9.34. The van der Waals surface area contributed by atoms with Crippen LogP contribution in [0.3, 0.4) is 0 Å². The molecule has 0 rings (SSSR count). The Balaban J connectivity index is 3.50. The number of aliphatic hydroxyl groups is 2. The lowest BCUT2D eigenvalue weighted by Crippen LogP contribution is -2.45. The largest absolute Gasteiger partial charge is 0.466 e. The summed E-state index contributed by atoms with van der Waals surface area (Å²) in [5, 5.41) is 23.3. The standard InChI is InChI=1S/C61H117NO5/c1-3-5-7-9-11-13-15-17-19-21-23-24-25-26-27-29-31-33-37-41-45-49-53-59(64)58(57-63)62-60(65)54-50-46-42-38-35-36-40-44-48-52-56-67-61(66)55-51-47-43-39-34-32-30-28-22-20-18-16-14-12-10-8-6-4-2/h20,22,36,40,58-59,63-64H,3-19,21,23-35,37-39,41-57H2,1-2H3,(H,62,65)/b22-20-,40-36-. The molecule has 0 saturated heterocycles. The zero-order valence-electron chi connectivity index (χ0n) is 45.1. The number of ether oxygens (including phenoxy) is 1. The van der Waals surface area contributed by atoms with Gasteiger partial charge in [-0.25, -0.2) is 0 Å². The molecule has 1 amide bonds. The molecule has 0 fully saturated rings. The van der Waals surface area contributed by atoms with E-state index in [0.717, 1.165) is 77.0 Å². The Kier molecular flexibility index (Phi) is 55.5. The van der Waals surface area contributed by atoms with Gasteiger partial charge in [-0.1, -0.05) is 263 Å². The summed E-state index contributed by atoms with van der Waals surface area (Å²) in [7, 11) is 0. The second-order valence-corrected chi connectivity index (χ2v) is 20.7. The van der Waals surface area contributed by atoms with E-state index >= 15 is 0 Å². The topological polar surface area (TPSA) is 95.9 Å². The molecule has 6 heteroatoms. The van der Waals surface area contributed by atoms with E-state index in [4.69, 9.17) is 4.74 Å². The maximum absolute atomic E-state index is 12.5. The second kappa shape index (κ2) is 56.9. The van der Waals surface area contributed by atoms with Crippen molar-refractivity contribution in [2.45, 2.75) is 341 Å². The summed E-state index contributed by atoms with van der Waals surface area (Å²) in [6.45, 7) is 4.88. The van der Waals surface area contributed by atoms with E-state index in [-0.39, 0.29) is 18.5 Å². The van der Waals surface area contributed by atoms with Crippen molar-refractivity contribution in [3.05, 3.63) is 24.3 Å². The van der Waals surface area contributed by atoms with Gasteiger partial charge in [0, 0.05) is 12.8 Å². The summed E-state index contributed by atoms with van der Waals surface area (Å²) in [6, 6.07) is -0.568. The van der Waals surface area contributed by atoms with Gasteiger partial charge in [-0.2, -0.15) is 0 Å². The number of amides is 1. The summed E-state index contributed by atoms with van der Waals surface area (Å²) in [5.74, 6) is -0.106. The van der Waals surface area contributed by atoms with Crippen LogP contribution in [0.1, 0.15) is 328 Å². The molecule has 0 bridgehead atoms. The third kappa shape index (κ3) is 53.5. The van der Waals surface area contributed by atoms with Crippen molar-refractivity contribution < 1.29 is 24.5 Å². The Labute approximate surface area is 418 Å². The molecule has 2 atom stereocenters. The number of aliphatic hydroxyl groups excluding tert-OH is 2. The molecule has 0 saturated carbocycles. The maximum Gasteiger partial charge on any atom is 0.305 e. The number of allylic oxidation sites excluding steroid dienone is 4. The molecule has 0 radical (unpaired) electrons. The van der Waals surface area contributed by atoms with Gasteiger partial charge < -0.3 is 20.3 Å². The second-order valence-electron chi connectivity index (χ2n) is 20.7. The van der Waals surface area contributed by atoms with Gasteiger partial charge in [0.05, 0.1) is 25.4 Å². The van der Waals surface area contributed by atoms with Crippen LogP contribution in [0.2, 0.25) is 0 Å². The molecule has 0 aliphatic rings. The van der Waals surface area contributed by atoms with Crippen LogP contribution in [0.5, 0.6) is 0 Å². The smallest absolute Gasteiger partial charge is 0.305 e. The summed E-state index contributed by atoms with van der Waals surface area (Å²) >= 11 is 0. The zero-order valence-corrected chi connectivity index (χ0v) is 45.1. The number of rotatable bonds is 56. The van der Waals surface area contributed by atoms with Gasteiger partial charge >= 0.3 is 5.97 Å². The van der Waals surface area contributed by atoms with Crippen molar-refractivity contribution in [3.63, 3.8) is 0 Å². The Hall–Kier alpha value is -1.66. The first-order valence-corrected chi connectivity index (χ1v) is 30.1. The van der Waals surface area contributed by atoms with Crippen LogP contribution in [0.4, 0.5) is 0 Å². The van der Waals surface area contributed by atoms with Gasteiger partial charge in [0.15, 0.2) is 0 Å². The summed E-state index contributed by atoms with van der Waals surface area (Å²) in [4.78, 5) is 24.6. The molecule has 0 heterocycles. The van der Waals surface area contributed by atoms with E-state index in [0.29, 0.717) is 25.9 Å². The number of unbranched alkanes of at least 4 members (excludes halogenated alkanes) is 41. The minimum Gasteiger partial charge on any atom is -0.466 e. The van der Waals surface area contributed by atoms with Crippen LogP contribution in [0.25, 0.3) is 0 Å². The molecule has 0 spiro atoms. The van der Waals surface area contributed by atoms with Crippen molar-refractivity contribution in [1.82, 2.24) is 5.32 Å². The van der Waals surface area contributed by atoms with E-state index in [2.05, 4.69) is 43.5 Å². The lowest BCUT2D eigenvalue weighted by Gasteiger charge is -2.22. The minimum absolute atomic E-state index is 0.0383. The first kappa shape index (κ1) is 65.3. The van der Waals surface area contributed by atoms with Crippen molar-refractivity contribution in [3.8, 4) is 0 Å². The number of carbonyl (C=O) groups is 2. The molecule has 0 aromatic carbocycles. The number of carbonyl (C=O) groups excluding carboxylic acids is 2. The van der Waals surface area contributed by atoms with Crippen LogP contribution >= 0.6 is 0 Å². The van der Waals surface area contributed by atoms with Gasteiger partial charge in [-0.15, -0.1) is 0 Å². The highest BCUT2D eigenvalue weighted by molar-refractivity contribution is 5.76. The van der Waals surface area contributed by atoms with E-state index in [1.807, 2.05) is 0 Å². The zero-order chi connectivity index (χ0) is 48.6. The van der Waals surface area contributed by atoms with Crippen LogP contribution in [0.15, 0.2) is 24.3 Å². The van der Waals surface area contributed by atoms with Gasteiger partial charge in [0.1, 0.15) is 0 Å². The predicted octanol–water partition coefficient (Wildman–Crippen LogP) is 18.6. The lowest BCUT2D eigenvalue weighted by atomic mass is 10.0. The molecular weight excluding hydrogens is 827 g/mol. The quantitative estimate of drug-likeness (QED) is 0.0321. The number of hydrogen-bond donors (Lipinski definition) is 3. The molecule has 67 heavy (non-hydrogen) atoms. The number of nitrogens with one attached hydrogen (secondary N) is 1. The molecule has 6 nitrogen and oxygen atoms in total. The Morgan fingerprint density at radius 3 is 1.06 bits per heavy atom. The average Bonchev–Trinajstić information content (AvgIpc) is 3.33. The van der Waals surface area contributed by atoms with E-state index in [1.54, 1.807) is 0 Å². The highest BCUT2D eigenvalue weighted by Gasteiger charge is 2.20. The molecule has 396 valence electrons. The SMILES string of the molecule is CCCCCCCCC/C=C\CCCCCCCCCC(=O)OCCCC/C=C\CCCCCCC(=O)NC(CO)C(O)CCCCCCCCCCCCCCCCCCCCCCCC. The molecule has 2 unspecified atom stereocenters. The van der Waals surface area contributed by atoms with E-state index in [9.17, 15) is 19.8 Å². The van der Waals surface area contributed by atoms with Crippen LogP contribution in [0, 0.1) is 0 Å². The maximum atomic E-state index is 12.5. The van der Waals surface area contributed by atoms with E-state index in [1.165, 1.54) is 218 Å². The first-order chi connectivity index (χ1) is 33.0. The third-order valence-electron chi connectivity index (χ3n) is 14.0. The van der Waals surface area contributed by atoms with Crippen LogP contribution in [-0.4, -0.2) is 47.4 Å². The fraction of sp³-hybridized carbons (Fsp3) is 0.902. The minimum atomic E-state index is -0.687. The monoisotopic (exact) mass is 944 g/mol. The van der Waals surface area contributed by atoms with Gasteiger partial charge in [0.2, 0.25) is 5.91 Å². The molecule has 0 aliphatic carbocycles. The normalized spacial score (nSPS) is 12.7. The molecule has 0 aliphatic heterocycles. The van der Waals surface area contributed by atoms with Crippen molar-refractivity contribution >= 4 is 11.9 Å². The Morgan fingerprint density at radius 2 is 0.701 bits per heavy atom. The lowest BCUT2D eigenvalue weighted by molar-refractivity contribution is -0.143.